The second-order valence-electron chi connectivity index (χ2n) is 5.76. The summed E-state index contributed by atoms with van der Waals surface area (Å²) in [6, 6.07) is 0. The topological polar surface area (TPSA) is 35.2 Å². The molecule has 2 saturated carbocycles. The molecule has 2 nitrogen and oxygen atoms in total. The van der Waals surface area contributed by atoms with Crippen molar-refractivity contribution < 1.29 is 4.74 Å². The van der Waals surface area contributed by atoms with Gasteiger partial charge in [0, 0.05) is 5.54 Å². The highest BCUT2D eigenvalue weighted by atomic mass is 16.5. The molecule has 0 unspecified atom stereocenters. The molecule has 2 aliphatic rings. The molecule has 2 aliphatic carbocycles. The van der Waals surface area contributed by atoms with Crippen LogP contribution >= 0.6 is 0 Å². The first kappa shape index (κ1) is 11.4. The molecule has 2 fully saturated rings. The second kappa shape index (κ2) is 4.84. The van der Waals surface area contributed by atoms with E-state index in [2.05, 4.69) is 6.92 Å². The lowest BCUT2D eigenvalue weighted by atomic mass is 9.89. The molecule has 0 heterocycles. The van der Waals surface area contributed by atoms with Gasteiger partial charge in [-0.05, 0) is 44.4 Å². The van der Waals surface area contributed by atoms with Gasteiger partial charge in [-0.1, -0.05) is 19.8 Å². The Bertz CT molecular complexity index is 191. The van der Waals surface area contributed by atoms with Crippen molar-refractivity contribution >= 4 is 0 Å². The first-order valence-corrected chi connectivity index (χ1v) is 6.58. The van der Waals surface area contributed by atoms with E-state index in [-0.39, 0.29) is 5.54 Å². The summed E-state index contributed by atoms with van der Waals surface area (Å²) in [6.07, 6.45) is 10.6. The van der Waals surface area contributed by atoms with Crippen LogP contribution in [0.15, 0.2) is 0 Å². The fourth-order valence-electron chi connectivity index (χ4n) is 2.90. The third-order valence-electron chi connectivity index (χ3n) is 4.17. The van der Waals surface area contributed by atoms with Crippen molar-refractivity contribution in [3.8, 4) is 0 Å². The Morgan fingerprint density at radius 1 is 1.13 bits per heavy atom. The lowest BCUT2D eigenvalue weighted by molar-refractivity contribution is -0.00566. The second-order valence-corrected chi connectivity index (χ2v) is 5.76. The molecule has 0 bridgehead atoms. The first-order valence-electron chi connectivity index (χ1n) is 6.58. The largest absolute Gasteiger partial charge is 0.376 e. The zero-order valence-electron chi connectivity index (χ0n) is 10.0. The Hall–Kier alpha value is -0.0800. The Morgan fingerprint density at radius 3 is 2.33 bits per heavy atom. The van der Waals surface area contributed by atoms with Gasteiger partial charge in [-0.15, -0.1) is 0 Å². The van der Waals surface area contributed by atoms with Crippen molar-refractivity contribution in [2.45, 2.75) is 69.9 Å². The van der Waals surface area contributed by atoms with E-state index in [1.54, 1.807) is 0 Å². The van der Waals surface area contributed by atoms with Gasteiger partial charge in [-0.2, -0.15) is 0 Å². The maximum atomic E-state index is 6.28. The van der Waals surface area contributed by atoms with E-state index in [4.69, 9.17) is 10.5 Å². The summed E-state index contributed by atoms with van der Waals surface area (Å²) in [4.78, 5) is 0. The van der Waals surface area contributed by atoms with E-state index in [9.17, 15) is 0 Å². The molecule has 0 aromatic heterocycles. The van der Waals surface area contributed by atoms with Gasteiger partial charge in [0.25, 0.3) is 0 Å². The van der Waals surface area contributed by atoms with Crippen LogP contribution in [0.25, 0.3) is 0 Å². The molecule has 0 amide bonds. The van der Waals surface area contributed by atoms with Crippen molar-refractivity contribution in [2.75, 3.05) is 6.61 Å². The van der Waals surface area contributed by atoms with Gasteiger partial charge in [0.05, 0.1) is 12.7 Å². The van der Waals surface area contributed by atoms with Crippen LogP contribution in [0.1, 0.15) is 58.3 Å². The Balaban J connectivity index is 1.69. The molecule has 2 N–H and O–H groups in total. The maximum absolute atomic E-state index is 6.28. The van der Waals surface area contributed by atoms with E-state index in [0.29, 0.717) is 6.10 Å². The highest BCUT2D eigenvalue weighted by Gasteiger charge is 2.31. The zero-order chi connectivity index (χ0) is 10.7. The average molecular weight is 211 g/mol. The minimum Gasteiger partial charge on any atom is -0.376 e. The molecule has 0 atom stereocenters. The van der Waals surface area contributed by atoms with Crippen LogP contribution in [0, 0.1) is 5.92 Å². The van der Waals surface area contributed by atoms with E-state index >= 15 is 0 Å². The van der Waals surface area contributed by atoms with Crippen LogP contribution in [-0.2, 0) is 4.74 Å². The molecule has 0 spiro atoms. The smallest absolute Gasteiger partial charge is 0.0649 e. The zero-order valence-corrected chi connectivity index (χ0v) is 10.0. The molecule has 0 radical (unpaired) electrons. The van der Waals surface area contributed by atoms with Crippen molar-refractivity contribution in [1.29, 1.82) is 0 Å². The van der Waals surface area contributed by atoms with Crippen molar-refractivity contribution in [3.63, 3.8) is 0 Å². The lowest BCUT2D eigenvalue weighted by Gasteiger charge is -2.30. The normalized spacial score (nSPS) is 35.6. The first-order chi connectivity index (χ1) is 7.18. The lowest BCUT2D eigenvalue weighted by Crippen LogP contribution is -2.43. The molecule has 2 rings (SSSR count). The number of hydrogen-bond acceptors (Lipinski definition) is 2. The summed E-state index contributed by atoms with van der Waals surface area (Å²) in [5.41, 5.74) is 6.30. The molecule has 0 aliphatic heterocycles. The maximum Gasteiger partial charge on any atom is 0.0649 e. The van der Waals surface area contributed by atoms with Gasteiger partial charge in [0.1, 0.15) is 0 Å². The molecular weight excluding hydrogens is 186 g/mol. The SMILES string of the molecule is CC1CCC(OCC2(N)CCCC2)CC1. The molecular formula is C13H25NO. The van der Waals surface area contributed by atoms with Crippen molar-refractivity contribution in [1.82, 2.24) is 0 Å². The Morgan fingerprint density at radius 2 is 1.73 bits per heavy atom. The minimum absolute atomic E-state index is 0.0169. The molecule has 88 valence electrons. The van der Waals surface area contributed by atoms with Crippen LogP contribution < -0.4 is 5.73 Å². The van der Waals surface area contributed by atoms with Crippen LogP contribution in [0.2, 0.25) is 0 Å². The van der Waals surface area contributed by atoms with Crippen LogP contribution in [0.3, 0.4) is 0 Å². The number of ether oxygens (including phenoxy) is 1. The molecule has 0 saturated heterocycles. The van der Waals surface area contributed by atoms with Crippen LogP contribution in [-0.4, -0.2) is 18.2 Å². The fraction of sp³-hybridized carbons (Fsp3) is 1.00. The standard InChI is InChI=1S/C13H25NO/c1-11-4-6-12(7-5-11)15-10-13(14)8-2-3-9-13/h11-12H,2-10,14H2,1H3. The van der Waals surface area contributed by atoms with Gasteiger partial charge >= 0.3 is 0 Å². The highest BCUT2D eigenvalue weighted by Crippen LogP contribution is 2.30. The molecule has 0 aromatic carbocycles. The van der Waals surface area contributed by atoms with Gasteiger partial charge in [0.15, 0.2) is 0 Å². The molecule has 15 heavy (non-hydrogen) atoms. The number of nitrogens with two attached hydrogens (primary N) is 1. The summed E-state index contributed by atoms with van der Waals surface area (Å²) >= 11 is 0. The predicted molar refractivity (Wildman–Crippen MR) is 62.8 cm³/mol. The predicted octanol–water partition coefficient (Wildman–Crippen LogP) is 2.85. The molecule has 0 aromatic rings. The highest BCUT2D eigenvalue weighted by molar-refractivity contribution is 4.89. The quantitative estimate of drug-likeness (QED) is 0.779. The third kappa shape index (κ3) is 3.18. The van der Waals surface area contributed by atoms with E-state index in [1.807, 2.05) is 0 Å². The van der Waals surface area contributed by atoms with E-state index < -0.39 is 0 Å². The van der Waals surface area contributed by atoms with E-state index in [0.717, 1.165) is 25.4 Å². The van der Waals surface area contributed by atoms with E-state index in [1.165, 1.54) is 38.5 Å². The fourth-order valence-corrected chi connectivity index (χ4v) is 2.90. The monoisotopic (exact) mass is 211 g/mol. The van der Waals surface area contributed by atoms with Gasteiger partial charge in [-0.25, -0.2) is 0 Å². The summed E-state index contributed by atoms with van der Waals surface area (Å²) in [7, 11) is 0. The Labute approximate surface area is 93.6 Å². The summed E-state index contributed by atoms with van der Waals surface area (Å²) < 4.78 is 5.99. The summed E-state index contributed by atoms with van der Waals surface area (Å²) in [5.74, 6) is 0.906. The number of hydrogen-bond donors (Lipinski definition) is 1. The van der Waals surface area contributed by atoms with Gasteiger partial charge in [-0.3, -0.25) is 0 Å². The average Bonchev–Trinajstić information content (AvgIpc) is 2.65. The summed E-state index contributed by atoms with van der Waals surface area (Å²) in [5, 5.41) is 0. The molecule has 2 heteroatoms. The van der Waals surface area contributed by atoms with Crippen LogP contribution in [0.4, 0.5) is 0 Å². The Kier molecular flexibility index (Phi) is 3.68. The third-order valence-corrected chi connectivity index (χ3v) is 4.17. The van der Waals surface area contributed by atoms with Gasteiger partial charge < -0.3 is 10.5 Å². The minimum atomic E-state index is 0.0169. The van der Waals surface area contributed by atoms with Crippen LogP contribution in [0.5, 0.6) is 0 Å². The van der Waals surface area contributed by atoms with Gasteiger partial charge in [0.2, 0.25) is 0 Å². The summed E-state index contributed by atoms with van der Waals surface area (Å²) in [6.45, 7) is 3.14. The van der Waals surface area contributed by atoms with Crippen molar-refractivity contribution in [3.05, 3.63) is 0 Å². The number of rotatable bonds is 3. The van der Waals surface area contributed by atoms with Crippen molar-refractivity contribution in [2.24, 2.45) is 11.7 Å².